The van der Waals surface area contributed by atoms with E-state index >= 15 is 0 Å². The minimum Gasteiger partial charge on any atom is -0.466 e. The maximum atomic E-state index is 11.9. The lowest BCUT2D eigenvalue weighted by molar-refractivity contribution is -0.144. The van der Waals surface area contributed by atoms with Gasteiger partial charge in [0, 0.05) is 22.9 Å². The van der Waals surface area contributed by atoms with E-state index in [9.17, 15) is 9.59 Å². The first kappa shape index (κ1) is 31.8. The van der Waals surface area contributed by atoms with Crippen LogP contribution in [0.3, 0.4) is 0 Å². The molecular weight excluding hydrogens is 483 g/mol. The fourth-order valence-electron chi connectivity index (χ4n) is 4.04. The minimum atomic E-state index is -0.274. The smallest absolute Gasteiger partial charge is 0.311 e. The Labute approximate surface area is 223 Å². The average Bonchev–Trinajstić information content (AvgIpc) is 2.80. The largest absolute Gasteiger partial charge is 0.466 e. The normalized spacial score (nSPS) is 10.9. The second-order valence-electron chi connectivity index (χ2n) is 9.46. The van der Waals surface area contributed by atoms with Gasteiger partial charge in [0.1, 0.15) is 5.75 Å². The topological polar surface area (TPSA) is 52.6 Å². The van der Waals surface area contributed by atoms with Crippen LogP contribution in [0.5, 0.6) is 5.75 Å². The first-order valence-corrected chi connectivity index (χ1v) is 14.6. The molecule has 1 aromatic rings. The number of unbranched alkanes of at least 4 members (excludes halogenated alkanes) is 15. The summed E-state index contributed by atoms with van der Waals surface area (Å²) in [5, 5.41) is 0.886. The molecule has 1 aromatic carbocycles. The number of carbonyl (C=O) groups excluding carboxylic acids is 2. The van der Waals surface area contributed by atoms with Crippen molar-refractivity contribution in [3.8, 4) is 5.75 Å². The summed E-state index contributed by atoms with van der Waals surface area (Å²) in [5.41, 5.74) is 0. The molecule has 0 aromatic heterocycles. The second-order valence-corrected chi connectivity index (χ2v) is 10.3. The molecule has 0 unspecified atom stereocenters. The van der Waals surface area contributed by atoms with Gasteiger partial charge in [-0.15, -0.1) is 0 Å². The monoisotopic (exact) mass is 528 g/mol. The molecule has 0 saturated heterocycles. The van der Waals surface area contributed by atoms with Crippen LogP contribution in [-0.2, 0) is 14.3 Å². The molecule has 6 heteroatoms. The molecule has 35 heavy (non-hydrogen) atoms. The first-order chi connectivity index (χ1) is 17.0. The lowest BCUT2D eigenvalue weighted by Crippen LogP contribution is -2.07. The van der Waals surface area contributed by atoms with Crippen LogP contribution in [0, 0.1) is 0 Å². The summed E-state index contributed by atoms with van der Waals surface area (Å²) in [6, 6.07) is 4.75. The van der Waals surface area contributed by atoms with Crippen molar-refractivity contribution in [2.75, 3.05) is 6.61 Å². The molecule has 0 heterocycles. The molecule has 1 rings (SSSR count). The van der Waals surface area contributed by atoms with Crippen LogP contribution in [0.2, 0.25) is 10.0 Å². The number of rotatable bonds is 22. The molecule has 0 fully saturated rings. The first-order valence-electron chi connectivity index (χ1n) is 13.8. The van der Waals surface area contributed by atoms with E-state index in [0.29, 0.717) is 35.2 Å². The summed E-state index contributed by atoms with van der Waals surface area (Å²) < 4.78 is 10.6. The highest BCUT2D eigenvalue weighted by molar-refractivity contribution is 6.34. The number of esters is 2. The molecular formula is C29H46Cl2O4. The number of hydrogen-bond donors (Lipinski definition) is 0. The van der Waals surface area contributed by atoms with Crippen molar-refractivity contribution >= 4 is 35.1 Å². The van der Waals surface area contributed by atoms with Gasteiger partial charge in [-0.05, 0) is 37.5 Å². The molecule has 4 nitrogen and oxygen atoms in total. The van der Waals surface area contributed by atoms with Gasteiger partial charge in [-0.1, -0.05) is 120 Å². The van der Waals surface area contributed by atoms with Gasteiger partial charge in [0.2, 0.25) is 0 Å². The van der Waals surface area contributed by atoms with E-state index in [-0.39, 0.29) is 11.9 Å². The van der Waals surface area contributed by atoms with Crippen LogP contribution in [0.25, 0.3) is 0 Å². The number of benzene rings is 1. The maximum absolute atomic E-state index is 11.9. The van der Waals surface area contributed by atoms with Crippen molar-refractivity contribution in [1.29, 1.82) is 0 Å². The molecule has 0 aliphatic rings. The SMILES string of the molecule is CCCCCCCCCCCCCOC(=O)CCCCCCCCC(=O)Oc1cc(Cl)cc(Cl)c1. The van der Waals surface area contributed by atoms with Gasteiger partial charge in [-0.3, -0.25) is 9.59 Å². The van der Waals surface area contributed by atoms with Crippen molar-refractivity contribution < 1.29 is 19.1 Å². The Hall–Kier alpha value is -1.26. The molecule has 0 atom stereocenters. The Bertz CT molecular complexity index is 673. The third-order valence-corrected chi connectivity index (χ3v) is 6.53. The van der Waals surface area contributed by atoms with Crippen LogP contribution < -0.4 is 4.74 Å². The van der Waals surface area contributed by atoms with Crippen molar-refractivity contribution in [3.05, 3.63) is 28.2 Å². The Morgan fingerprint density at radius 1 is 0.600 bits per heavy atom. The van der Waals surface area contributed by atoms with E-state index in [4.69, 9.17) is 32.7 Å². The number of hydrogen-bond acceptors (Lipinski definition) is 4. The molecule has 0 amide bonds. The van der Waals surface area contributed by atoms with E-state index in [0.717, 1.165) is 51.4 Å². The molecule has 200 valence electrons. The van der Waals surface area contributed by atoms with Crippen LogP contribution in [0.1, 0.15) is 129 Å². The van der Waals surface area contributed by atoms with Gasteiger partial charge in [0.05, 0.1) is 6.61 Å². The van der Waals surface area contributed by atoms with Crippen LogP contribution in [0.15, 0.2) is 18.2 Å². The van der Waals surface area contributed by atoms with E-state index in [2.05, 4.69) is 6.92 Å². The molecule has 0 radical (unpaired) electrons. The molecule has 0 N–H and O–H groups in total. The Morgan fingerprint density at radius 3 is 1.54 bits per heavy atom. The summed E-state index contributed by atoms with van der Waals surface area (Å²) in [7, 11) is 0. The van der Waals surface area contributed by atoms with Crippen molar-refractivity contribution in [2.24, 2.45) is 0 Å². The summed E-state index contributed by atoms with van der Waals surface area (Å²) in [4.78, 5) is 23.7. The fourth-order valence-corrected chi connectivity index (χ4v) is 4.55. The summed E-state index contributed by atoms with van der Waals surface area (Å²) in [5.74, 6) is 0.0349. The Morgan fingerprint density at radius 2 is 1.03 bits per heavy atom. The van der Waals surface area contributed by atoms with Crippen LogP contribution in [-0.4, -0.2) is 18.5 Å². The summed E-state index contributed by atoms with van der Waals surface area (Å²) >= 11 is 11.8. The summed E-state index contributed by atoms with van der Waals surface area (Å²) in [6.45, 7) is 2.82. The molecule has 0 bridgehead atoms. The molecule has 0 aliphatic carbocycles. The van der Waals surface area contributed by atoms with Crippen molar-refractivity contribution in [3.63, 3.8) is 0 Å². The number of ether oxygens (including phenoxy) is 2. The van der Waals surface area contributed by atoms with E-state index in [1.807, 2.05) is 0 Å². The van der Waals surface area contributed by atoms with Gasteiger partial charge in [0.15, 0.2) is 0 Å². The second kappa shape index (κ2) is 22.0. The van der Waals surface area contributed by atoms with Gasteiger partial charge in [-0.2, -0.15) is 0 Å². The fraction of sp³-hybridized carbons (Fsp3) is 0.724. The summed E-state index contributed by atoms with van der Waals surface area (Å²) in [6.07, 6.45) is 20.9. The Kier molecular flexibility index (Phi) is 19.9. The standard InChI is InChI=1S/C29H46Cl2O4/c1-2-3-4-5-6-7-8-9-12-15-18-21-34-28(32)19-16-13-10-11-14-17-20-29(33)35-27-23-25(30)22-26(31)24-27/h22-24H,2-21H2,1H3. The van der Waals surface area contributed by atoms with Crippen molar-refractivity contribution in [1.82, 2.24) is 0 Å². The van der Waals surface area contributed by atoms with Crippen LogP contribution in [0.4, 0.5) is 0 Å². The van der Waals surface area contributed by atoms with E-state index in [1.165, 1.54) is 57.8 Å². The van der Waals surface area contributed by atoms with Gasteiger partial charge >= 0.3 is 11.9 Å². The van der Waals surface area contributed by atoms with Gasteiger partial charge in [-0.25, -0.2) is 0 Å². The lowest BCUT2D eigenvalue weighted by Gasteiger charge is -2.06. The minimum absolute atomic E-state index is 0.0686. The quantitative estimate of drug-likeness (QED) is 0.0852. The lowest BCUT2D eigenvalue weighted by atomic mass is 10.1. The number of halogens is 2. The highest BCUT2D eigenvalue weighted by Gasteiger charge is 2.07. The van der Waals surface area contributed by atoms with E-state index in [1.54, 1.807) is 18.2 Å². The maximum Gasteiger partial charge on any atom is 0.311 e. The molecule has 0 aliphatic heterocycles. The van der Waals surface area contributed by atoms with Gasteiger partial charge < -0.3 is 9.47 Å². The Balaban J connectivity index is 1.84. The zero-order valence-corrected chi connectivity index (χ0v) is 23.3. The highest BCUT2D eigenvalue weighted by Crippen LogP contribution is 2.24. The molecule has 0 spiro atoms. The zero-order valence-electron chi connectivity index (χ0n) is 21.8. The highest BCUT2D eigenvalue weighted by atomic mass is 35.5. The van der Waals surface area contributed by atoms with Crippen LogP contribution >= 0.6 is 23.2 Å². The van der Waals surface area contributed by atoms with Crippen molar-refractivity contribution in [2.45, 2.75) is 129 Å². The number of carbonyl (C=O) groups is 2. The zero-order chi connectivity index (χ0) is 25.6. The molecule has 0 saturated carbocycles. The predicted octanol–water partition coefficient (Wildman–Crippen LogP) is 9.87. The predicted molar refractivity (Wildman–Crippen MR) is 146 cm³/mol. The third kappa shape index (κ3) is 19.6. The van der Waals surface area contributed by atoms with Gasteiger partial charge in [0.25, 0.3) is 0 Å². The average molecular weight is 530 g/mol. The third-order valence-electron chi connectivity index (χ3n) is 6.09. The van der Waals surface area contributed by atoms with E-state index < -0.39 is 0 Å².